The van der Waals surface area contributed by atoms with E-state index >= 15 is 0 Å². The molecule has 1 aliphatic heterocycles. The summed E-state index contributed by atoms with van der Waals surface area (Å²) >= 11 is 0. The molecule has 5 heteroatoms. The third-order valence-corrected chi connectivity index (χ3v) is 4.01. The highest BCUT2D eigenvalue weighted by molar-refractivity contribution is 5.94. The molecule has 2 aromatic rings. The van der Waals surface area contributed by atoms with Crippen molar-refractivity contribution < 1.29 is 14.6 Å². The van der Waals surface area contributed by atoms with Crippen molar-refractivity contribution >= 4 is 5.91 Å². The highest BCUT2D eigenvalue weighted by atomic mass is 16.5. The van der Waals surface area contributed by atoms with Gasteiger partial charge in [-0.1, -0.05) is 30.3 Å². The minimum Gasteiger partial charge on any atom is -0.506 e. The lowest BCUT2D eigenvalue weighted by atomic mass is 10.1. The first-order valence-corrected chi connectivity index (χ1v) is 7.77. The van der Waals surface area contributed by atoms with Gasteiger partial charge < -0.3 is 14.7 Å². The van der Waals surface area contributed by atoms with Gasteiger partial charge in [-0.25, -0.2) is 0 Å². The summed E-state index contributed by atoms with van der Waals surface area (Å²) in [6, 6.07) is 11.5. The van der Waals surface area contributed by atoms with Gasteiger partial charge in [-0.2, -0.15) is 0 Å². The van der Waals surface area contributed by atoms with Gasteiger partial charge in [-0.3, -0.25) is 9.78 Å². The molecule has 0 spiro atoms. The van der Waals surface area contributed by atoms with Crippen molar-refractivity contribution in [3.05, 3.63) is 59.9 Å². The largest absolute Gasteiger partial charge is 0.506 e. The Morgan fingerprint density at radius 1 is 1.30 bits per heavy atom. The Hall–Kier alpha value is -2.40. The number of pyridine rings is 1. The Bertz CT molecular complexity index is 660. The van der Waals surface area contributed by atoms with Gasteiger partial charge >= 0.3 is 0 Å². The molecule has 2 heterocycles. The lowest BCUT2D eigenvalue weighted by molar-refractivity contribution is 0.0732. The van der Waals surface area contributed by atoms with Crippen LogP contribution in [-0.4, -0.2) is 40.6 Å². The number of hydrogen-bond donors (Lipinski definition) is 1. The second kappa shape index (κ2) is 7.24. The molecule has 1 amide bonds. The summed E-state index contributed by atoms with van der Waals surface area (Å²) in [5, 5.41) is 9.43. The van der Waals surface area contributed by atoms with Gasteiger partial charge in [0.1, 0.15) is 5.75 Å². The summed E-state index contributed by atoms with van der Waals surface area (Å²) in [5.41, 5.74) is 1.58. The summed E-state index contributed by atoms with van der Waals surface area (Å²) in [5.74, 6) is 0.282. The molecule has 120 valence electrons. The molecular weight excluding hydrogens is 292 g/mol. The number of nitrogens with zero attached hydrogens (tertiary/aromatic N) is 2. The van der Waals surface area contributed by atoms with E-state index in [1.54, 1.807) is 4.90 Å². The van der Waals surface area contributed by atoms with Crippen LogP contribution in [0.15, 0.2) is 48.8 Å². The first-order chi connectivity index (χ1) is 11.2. The highest BCUT2D eigenvalue weighted by Gasteiger charge is 2.27. The quantitative estimate of drug-likeness (QED) is 0.921. The zero-order valence-corrected chi connectivity index (χ0v) is 12.9. The molecule has 3 rings (SSSR count). The molecule has 0 radical (unpaired) electrons. The fourth-order valence-corrected chi connectivity index (χ4v) is 2.80. The van der Waals surface area contributed by atoms with Gasteiger partial charge in [0.15, 0.2) is 0 Å². The van der Waals surface area contributed by atoms with E-state index in [0.717, 1.165) is 12.0 Å². The average Bonchev–Trinajstić information content (AvgIpc) is 3.04. The van der Waals surface area contributed by atoms with Gasteiger partial charge in [0.05, 0.1) is 25.0 Å². The molecule has 0 saturated carbocycles. The molecule has 1 N–H and O–H groups in total. The number of rotatable bonds is 5. The van der Waals surface area contributed by atoms with Gasteiger partial charge in [0.25, 0.3) is 5.91 Å². The van der Waals surface area contributed by atoms with Crippen LogP contribution < -0.4 is 0 Å². The van der Waals surface area contributed by atoms with Crippen LogP contribution in [0.1, 0.15) is 22.3 Å². The fourth-order valence-electron chi connectivity index (χ4n) is 2.80. The van der Waals surface area contributed by atoms with E-state index in [9.17, 15) is 9.90 Å². The van der Waals surface area contributed by atoms with Crippen molar-refractivity contribution in [2.24, 2.45) is 5.92 Å². The molecule has 1 atom stereocenters. The summed E-state index contributed by atoms with van der Waals surface area (Å²) in [6.07, 6.45) is 3.75. The molecule has 1 aliphatic rings. The van der Waals surface area contributed by atoms with Crippen molar-refractivity contribution in [3.8, 4) is 5.75 Å². The topological polar surface area (TPSA) is 62.7 Å². The molecule has 23 heavy (non-hydrogen) atoms. The number of hydrogen-bond acceptors (Lipinski definition) is 4. The lowest BCUT2D eigenvalue weighted by Crippen LogP contribution is -2.29. The van der Waals surface area contributed by atoms with Gasteiger partial charge in [0.2, 0.25) is 0 Å². The van der Waals surface area contributed by atoms with E-state index < -0.39 is 0 Å². The molecule has 1 unspecified atom stereocenters. The van der Waals surface area contributed by atoms with Gasteiger partial charge in [-0.15, -0.1) is 0 Å². The first kappa shape index (κ1) is 15.5. The molecular formula is C18H20N2O3. The Kier molecular flexibility index (Phi) is 4.88. The van der Waals surface area contributed by atoms with E-state index in [0.29, 0.717) is 37.8 Å². The zero-order valence-electron chi connectivity index (χ0n) is 12.9. The Labute approximate surface area is 135 Å². The number of carbonyl (C=O) groups is 1. The third kappa shape index (κ3) is 4.07. The number of amides is 1. The number of benzene rings is 1. The van der Waals surface area contributed by atoms with Crippen LogP contribution in [0, 0.1) is 5.92 Å². The predicted octanol–water partition coefficient (Wildman–Crippen LogP) is 2.47. The SMILES string of the molecule is O=C(c1cncc(O)c1)N1CCC(COCc2ccccc2)C1. The Morgan fingerprint density at radius 2 is 2.13 bits per heavy atom. The van der Waals surface area contributed by atoms with E-state index in [-0.39, 0.29) is 11.7 Å². The summed E-state index contributed by atoms with van der Waals surface area (Å²) < 4.78 is 5.77. The summed E-state index contributed by atoms with van der Waals surface area (Å²) in [6.45, 7) is 2.65. The molecule has 1 saturated heterocycles. The second-order valence-electron chi connectivity index (χ2n) is 5.84. The molecule has 1 aromatic carbocycles. The van der Waals surface area contributed by atoms with Crippen LogP contribution in [0.2, 0.25) is 0 Å². The van der Waals surface area contributed by atoms with Crippen LogP contribution in [0.25, 0.3) is 0 Å². The smallest absolute Gasteiger partial charge is 0.255 e. The fraction of sp³-hybridized carbons (Fsp3) is 0.333. The minimum atomic E-state index is -0.0843. The maximum atomic E-state index is 12.4. The Balaban J connectivity index is 1.47. The van der Waals surface area contributed by atoms with Crippen LogP contribution in [0.3, 0.4) is 0 Å². The normalized spacial score (nSPS) is 17.4. The molecule has 0 aliphatic carbocycles. The maximum Gasteiger partial charge on any atom is 0.255 e. The van der Waals surface area contributed by atoms with Crippen molar-refractivity contribution in [1.29, 1.82) is 0 Å². The van der Waals surface area contributed by atoms with E-state index in [1.807, 2.05) is 30.3 Å². The standard InChI is InChI=1S/C18H20N2O3/c21-17-8-16(9-19-10-17)18(22)20-7-6-15(11-20)13-23-12-14-4-2-1-3-5-14/h1-5,8-10,15,21H,6-7,11-13H2. The number of likely N-dealkylation sites (tertiary alicyclic amines) is 1. The summed E-state index contributed by atoms with van der Waals surface area (Å²) in [4.78, 5) is 18.0. The molecule has 0 bridgehead atoms. The number of aromatic nitrogens is 1. The third-order valence-electron chi connectivity index (χ3n) is 4.01. The monoisotopic (exact) mass is 312 g/mol. The first-order valence-electron chi connectivity index (χ1n) is 7.77. The van der Waals surface area contributed by atoms with E-state index in [2.05, 4.69) is 4.98 Å². The number of carbonyl (C=O) groups excluding carboxylic acids is 1. The van der Waals surface area contributed by atoms with Crippen molar-refractivity contribution in [3.63, 3.8) is 0 Å². The van der Waals surface area contributed by atoms with Crippen molar-refractivity contribution in [1.82, 2.24) is 9.88 Å². The van der Waals surface area contributed by atoms with E-state index in [4.69, 9.17) is 4.74 Å². The van der Waals surface area contributed by atoms with Crippen LogP contribution >= 0.6 is 0 Å². The van der Waals surface area contributed by atoms with Crippen LogP contribution in [-0.2, 0) is 11.3 Å². The average molecular weight is 312 g/mol. The predicted molar refractivity (Wildman–Crippen MR) is 86.0 cm³/mol. The highest BCUT2D eigenvalue weighted by Crippen LogP contribution is 2.20. The van der Waals surface area contributed by atoms with Crippen LogP contribution in [0.5, 0.6) is 5.75 Å². The maximum absolute atomic E-state index is 12.4. The van der Waals surface area contributed by atoms with Crippen LogP contribution in [0.4, 0.5) is 0 Å². The number of ether oxygens (including phenoxy) is 1. The van der Waals surface area contributed by atoms with Crippen molar-refractivity contribution in [2.45, 2.75) is 13.0 Å². The molecule has 1 fully saturated rings. The zero-order chi connectivity index (χ0) is 16.1. The van der Waals surface area contributed by atoms with Crippen molar-refractivity contribution in [2.75, 3.05) is 19.7 Å². The second-order valence-corrected chi connectivity index (χ2v) is 5.84. The van der Waals surface area contributed by atoms with Gasteiger partial charge in [0, 0.05) is 25.2 Å². The minimum absolute atomic E-state index is 0.0118. The summed E-state index contributed by atoms with van der Waals surface area (Å²) in [7, 11) is 0. The molecule has 5 nitrogen and oxygen atoms in total. The number of aromatic hydroxyl groups is 1. The van der Waals surface area contributed by atoms with E-state index in [1.165, 1.54) is 18.5 Å². The Morgan fingerprint density at radius 3 is 2.91 bits per heavy atom. The lowest BCUT2D eigenvalue weighted by Gasteiger charge is -2.16. The van der Waals surface area contributed by atoms with Gasteiger partial charge in [-0.05, 0) is 18.1 Å². The molecule has 1 aromatic heterocycles.